The average Bonchev–Trinajstić information content (AvgIpc) is 2.87. The lowest BCUT2D eigenvalue weighted by Gasteiger charge is -2.21. The maximum absolute atomic E-state index is 11.7. The first-order valence-electron chi connectivity index (χ1n) is 5.27. The van der Waals surface area contributed by atoms with E-state index in [9.17, 15) is 9.59 Å². The van der Waals surface area contributed by atoms with Gasteiger partial charge in [0.1, 0.15) is 11.4 Å². The molecule has 2 heterocycles. The summed E-state index contributed by atoms with van der Waals surface area (Å²) in [5.74, 6) is 0.373. The second kappa shape index (κ2) is 4.33. The van der Waals surface area contributed by atoms with Gasteiger partial charge in [0, 0.05) is 5.75 Å². The molecule has 0 unspecified atom stereocenters. The van der Waals surface area contributed by atoms with Gasteiger partial charge in [-0.25, -0.2) is 4.79 Å². The zero-order valence-corrected chi connectivity index (χ0v) is 11.4. The van der Waals surface area contributed by atoms with Gasteiger partial charge in [-0.05, 0) is 17.7 Å². The molecule has 0 aromatic heterocycles. The smallest absolute Gasteiger partial charge is 0.295 e. The summed E-state index contributed by atoms with van der Waals surface area (Å²) in [7, 11) is 0. The van der Waals surface area contributed by atoms with Crippen LogP contribution < -0.4 is 5.32 Å². The Morgan fingerprint density at radius 1 is 1.28 bits per heavy atom. The lowest BCUT2D eigenvalue weighted by Crippen LogP contribution is -2.32. The Balaban J connectivity index is 1.96. The number of rotatable bonds is 1. The molecule has 7 heteroatoms. The summed E-state index contributed by atoms with van der Waals surface area (Å²) in [6, 6.07) is 4.54. The van der Waals surface area contributed by atoms with Crippen LogP contribution in [0, 0.1) is 0 Å². The van der Waals surface area contributed by atoms with E-state index < -0.39 is 0 Å². The van der Waals surface area contributed by atoms with Crippen molar-refractivity contribution >= 4 is 46.9 Å². The molecule has 1 aromatic carbocycles. The van der Waals surface area contributed by atoms with Crippen molar-refractivity contribution in [1.29, 1.82) is 0 Å². The fraction of sp³-hybridized carbons (Fsp3) is 0.273. The second-order valence-corrected chi connectivity index (χ2v) is 6.00. The van der Waals surface area contributed by atoms with Crippen LogP contribution in [0.2, 0.25) is 10.0 Å². The molecule has 2 fully saturated rings. The molecule has 2 aliphatic rings. The highest BCUT2D eigenvalue weighted by Gasteiger charge is 2.48. The van der Waals surface area contributed by atoms with Gasteiger partial charge >= 0.3 is 6.03 Å². The number of urea groups is 1. The lowest BCUT2D eigenvalue weighted by molar-refractivity contribution is -0.120. The Morgan fingerprint density at radius 2 is 2.06 bits per heavy atom. The van der Waals surface area contributed by atoms with E-state index in [2.05, 4.69) is 5.32 Å². The molecular weight excluding hydrogens is 295 g/mol. The molecule has 2 aliphatic heterocycles. The molecule has 3 amide bonds. The Kier molecular flexibility index (Phi) is 2.92. The molecule has 0 aliphatic carbocycles. The maximum Gasteiger partial charge on any atom is 0.326 e. The van der Waals surface area contributed by atoms with E-state index in [4.69, 9.17) is 23.2 Å². The average molecular weight is 303 g/mol. The summed E-state index contributed by atoms with van der Waals surface area (Å²) in [6.07, 6.45) is 0. The van der Waals surface area contributed by atoms with Crippen molar-refractivity contribution < 1.29 is 9.59 Å². The molecule has 1 aromatic rings. The van der Waals surface area contributed by atoms with Crippen LogP contribution in [-0.4, -0.2) is 28.6 Å². The van der Waals surface area contributed by atoms with Crippen molar-refractivity contribution in [3.05, 3.63) is 33.8 Å². The highest BCUT2D eigenvalue weighted by atomic mass is 35.5. The first-order valence-corrected chi connectivity index (χ1v) is 7.08. The number of hydrogen-bond acceptors (Lipinski definition) is 3. The van der Waals surface area contributed by atoms with Gasteiger partial charge in [-0.1, -0.05) is 29.3 Å². The zero-order valence-electron chi connectivity index (χ0n) is 9.02. The van der Waals surface area contributed by atoms with Crippen LogP contribution in [0.5, 0.6) is 0 Å². The monoisotopic (exact) mass is 302 g/mol. The van der Waals surface area contributed by atoms with Crippen LogP contribution >= 0.6 is 35.0 Å². The largest absolute Gasteiger partial charge is 0.326 e. The van der Waals surface area contributed by atoms with Crippen molar-refractivity contribution in [2.24, 2.45) is 0 Å². The SMILES string of the molecule is O=C1NC(=O)N2[C@@H]1CS[C@@H]2c1ccc(Cl)c(Cl)c1. The number of fused-ring (bicyclic) bond motifs is 1. The van der Waals surface area contributed by atoms with Crippen LogP contribution in [-0.2, 0) is 4.79 Å². The highest BCUT2D eigenvalue weighted by molar-refractivity contribution is 7.99. The maximum atomic E-state index is 11.7. The number of amides is 3. The molecule has 0 saturated carbocycles. The summed E-state index contributed by atoms with van der Waals surface area (Å²) in [4.78, 5) is 24.8. The number of thioether (sulfide) groups is 1. The number of carbonyl (C=O) groups excluding carboxylic acids is 2. The van der Waals surface area contributed by atoms with E-state index in [0.717, 1.165) is 5.56 Å². The van der Waals surface area contributed by atoms with E-state index in [-0.39, 0.29) is 23.4 Å². The first-order chi connectivity index (χ1) is 8.58. The molecule has 0 spiro atoms. The van der Waals surface area contributed by atoms with E-state index in [1.165, 1.54) is 0 Å². The van der Waals surface area contributed by atoms with E-state index in [1.54, 1.807) is 28.8 Å². The number of benzene rings is 1. The minimum absolute atomic E-state index is 0.184. The number of carbonyl (C=O) groups is 2. The van der Waals surface area contributed by atoms with Crippen LogP contribution in [0.4, 0.5) is 4.79 Å². The van der Waals surface area contributed by atoms with Crippen molar-refractivity contribution in [3.63, 3.8) is 0 Å². The molecule has 0 bridgehead atoms. The molecule has 94 valence electrons. The molecule has 2 atom stereocenters. The van der Waals surface area contributed by atoms with E-state index in [0.29, 0.717) is 15.8 Å². The predicted molar refractivity (Wildman–Crippen MR) is 70.8 cm³/mol. The Morgan fingerprint density at radius 3 is 2.78 bits per heavy atom. The van der Waals surface area contributed by atoms with Crippen LogP contribution in [0.3, 0.4) is 0 Å². The number of imide groups is 1. The van der Waals surface area contributed by atoms with E-state index in [1.807, 2.05) is 6.07 Å². The topological polar surface area (TPSA) is 49.4 Å². The van der Waals surface area contributed by atoms with Gasteiger partial charge in [0.25, 0.3) is 5.91 Å². The Bertz CT molecular complexity index is 552. The summed E-state index contributed by atoms with van der Waals surface area (Å²) >= 11 is 13.4. The molecule has 1 N–H and O–H groups in total. The standard InChI is InChI=1S/C11H8Cl2N2O2S/c12-6-2-1-5(3-7(6)13)10-15-8(4-18-10)9(16)14-11(15)17/h1-3,8,10H,4H2,(H,14,16,17)/t8-,10-/m1/s1. The van der Waals surface area contributed by atoms with Crippen molar-refractivity contribution in [2.45, 2.75) is 11.4 Å². The van der Waals surface area contributed by atoms with Crippen molar-refractivity contribution in [2.75, 3.05) is 5.75 Å². The van der Waals surface area contributed by atoms with Crippen molar-refractivity contribution in [1.82, 2.24) is 10.2 Å². The highest BCUT2D eigenvalue weighted by Crippen LogP contribution is 2.44. The van der Waals surface area contributed by atoms with Gasteiger partial charge in [0.15, 0.2) is 0 Å². The second-order valence-electron chi connectivity index (χ2n) is 4.08. The van der Waals surface area contributed by atoms with Crippen LogP contribution in [0.15, 0.2) is 18.2 Å². The van der Waals surface area contributed by atoms with Gasteiger partial charge in [-0.15, -0.1) is 11.8 Å². The molecule has 0 radical (unpaired) electrons. The summed E-state index contributed by atoms with van der Waals surface area (Å²) < 4.78 is 0. The molecule has 2 saturated heterocycles. The van der Waals surface area contributed by atoms with Gasteiger partial charge in [0.05, 0.1) is 10.0 Å². The quantitative estimate of drug-likeness (QED) is 0.811. The Labute approximate surface area is 118 Å². The van der Waals surface area contributed by atoms with Gasteiger partial charge in [-0.2, -0.15) is 0 Å². The number of halogens is 2. The minimum Gasteiger partial charge on any atom is -0.295 e. The fourth-order valence-electron chi connectivity index (χ4n) is 2.13. The van der Waals surface area contributed by atoms with Gasteiger partial charge < -0.3 is 0 Å². The van der Waals surface area contributed by atoms with Gasteiger partial charge in [-0.3, -0.25) is 15.0 Å². The fourth-order valence-corrected chi connectivity index (χ4v) is 3.86. The van der Waals surface area contributed by atoms with Crippen molar-refractivity contribution in [3.8, 4) is 0 Å². The van der Waals surface area contributed by atoms with Crippen LogP contribution in [0.25, 0.3) is 0 Å². The third kappa shape index (κ3) is 1.77. The van der Waals surface area contributed by atoms with Gasteiger partial charge in [0.2, 0.25) is 0 Å². The summed E-state index contributed by atoms with van der Waals surface area (Å²) in [5.41, 5.74) is 0.877. The molecule has 18 heavy (non-hydrogen) atoms. The number of nitrogens with zero attached hydrogens (tertiary/aromatic N) is 1. The first kappa shape index (κ1) is 12.1. The third-order valence-corrected chi connectivity index (χ3v) is 5.06. The molecular formula is C11H8Cl2N2O2S. The summed E-state index contributed by atoms with van der Waals surface area (Å²) in [5, 5.41) is 3.06. The van der Waals surface area contributed by atoms with Crippen LogP contribution in [0.1, 0.15) is 10.9 Å². The Hall–Kier alpha value is -0.910. The third-order valence-electron chi connectivity index (χ3n) is 3.00. The minimum atomic E-state index is -0.373. The summed E-state index contributed by atoms with van der Waals surface area (Å²) in [6.45, 7) is 0. The normalized spacial score (nSPS) is 26.4. The number of nitrogens with one attached hydrogen (secondary N) is 1. The predicted octanol–water partition coefficient (Wildman–Crippen LogP) is 2.66. The lowest BCUT2D eigenvalue weighted by atomic mass is 10.2. The molecule has 4 nitrogen and oxygen atoms in total. The zero-order chi connectivity index (χ0) is 12.9. The van der Waals surface area contributed by atoms with E-state index >= 15 is 0 Å². The molecule has 3 rings (SSSR count). The number of hydrogen-bond donors (Lipinski definition) is 1.